The Hall–Kier alpha value is -1.62. The highest BCUT2D eigenvalue weighted by Crippen LogP contribution is 2.21. The molecule has 0 aliphatic heterocycles. The van der Waals surface area contributed by atoms with E-state index in [0.29, 0.717) is 18.0 Å². The van der Waals surface area contributed by atoms with Crippen LogP contribution < -0.4 is 0 Å². The SMILES string of the molecule is CC(C)(C)c1nc(COC(=O)CCc2cccs2)co1. The highest BCUT2D eigenvalue weighted by atomic mass is 32.1. The number of aromatic nitrogens is 1. The Bertz CT molecular complexity index is 552. The predicted octanol–water partition coefficient (Wildman–Crippen LogP) is 3.71. The molecule has 0 spiro atoms. The van der Waals surface area contributed by atoms with Crippen molar-refractivity contribution in [1.29, 1.82) is 0 Å². The van der Waals surface area contributed by atoms with Gasteiger partial charge in [0.2, 0.25) is 0 Å². The first kappa shape index (κ1) is 14.8. The Morgan fingerprint density at radius 1 is 1.45 bits per heavy atom. The molecule has 4 nitrogen and oxygen atoms in total. The summed E-state index contributed by atoms with van der Waals surface area (Å²) in [5, 5.41) is 2.00. The number of oxazole rings is 1. The minimum absolute atomic E-state index is 0.137. The number of aryl methyl sites for hydroxylation is 1. The highest BCUT2D eigenvalue weighted by Gasteiger charge is 2.20. The first-order valence-electron chi connectivity index (χ1n) is 6.58. The first-order valence-corrected chi connectivity index (χ1v) is 7.46. The average molecular weight is 293 g/mol. The van der Waals surface area contributed by atoms with Gasteiger partial charge in [0.15, 0.2) is 5.89 Å². The van der Waals surface area contributed by atoms with Crippen LogP contribution in [0.25, 0.3) is 0 Å². The fourth-order valence-corrected chi connectivity index (χ4v) is 2.33. The zero-order chi connectivity index (χ0) is 14.6. The van der Waals surface area contributed by atoms with Crippen LogP contribution in [0.15, 0.2) is 28.2 Å². The van der Waals surface area contributed by atoms with Gasteiger partial charge in [0.25, 0.3) is 0 Å². The molecule has 20 heavy (non-hydrogen) atoms. The minimum atomic E-state index is -0.210. The topological polar surface area (TPSA) is 52.3 Å². The van der Waals surface area contributed by atoms with E-state index in [1.807, 2.05) is 38.3 Å². The summed E-state index contributed by atoms with van der Waals surface area (Å²) < 4.78 is 10.6. The second-order valence-electron chi connectivity index (χ2n) is 5.63. The van der Waals surface area contributed by atoms with Crippen molar-refractivity contribution >= 4 is 17.3 Å². The van der Waals surface area contributed by atoms with Crippen molar-refractivity contribution in [2.24, 2.45) is 0 Å². The number of carbonyl (C=O) groups excluding carboxylic acids is 1. The predicted molar refractivity (Wildman–Crippen MR) is 77.6 cm³/mol. The molecule has 0 radical (unpaired) electrons. The van der Waals surface area contributed by atoms with Crippen molar-refractivity contribution in [3.05, 3.63) is 40.2 Å². The molecule has 0 aliphatic carbocycles. The molecule has 5 heteroatoms. The highest BCUT2D eigenvalue weighted by molar-refractivity contribution is 7.09. The van der Waals surface area contributed by atoms with Crippen LogP contribution in [-0.4, -0.2) is 11.0 Å². The molecular formula is C15H19NO3S. The van der Waals surface area contributed by atoms with Crippen molar-refractivity contribution in [1.82, 2.24) is 4.98 Å². The van der Waals surface area contributed by atoms with E-state index in [2.05, 4.69) is 4.98 Å². The van der Waals surface area contributed by atoms with Crippen LogP contribution in [0.1, 0.15) is 43.7 Å². The maximum absolute atomic E-state index is 11.6. The normalized spacial score (nSPS) is 11.6. The fourth-order valence-electron chi connectivity index (χ4n) is 1.62. The second kappa shape index (κ2) is 6.22. The lowest BCUT2D eigenvalue weighted by Gasteiger charge is -2.11. The zero-order valence-electron chi connectivity index (χ0n) is 12.0. The number of hydrogen-bond acceptors (Lipinski definition) is 5. The van der Waals surface area contributed by atoms with Gasteiger partial charge in [0.05, 0.1) is 6.42 Å². The van der Waals surface area contributed by atoms with Crippen LogP contribution in [-0.2, 0) is 28.0 Å². The number of ether oxygens (including phenoxy) is 1. The van der Waals surface area contributed by atoms with Crippen molar-refractivity contribution in [3.8, 4) is 0 Å². The van der Waals surface area contributed by atoms with E-state index in [0.717, 1.165) is 6.42 Å². The van der Waals surface area contributed by atoms with Gasteiger partial charge in [-0.3, -0.25) is 4.79 Å². The maximum atomic E-state index is 11.6. The zero-order valence-corrected chi connectivity index (χ0v) is 12.8. The number of nitrogens with zero attached hydrogens (tertiary/aromatic N) is 1. The second-order valence-corrected chi connectivity index (χ2v) is 6.67. The van der Waals surface area contributed by atoms with Gasteiger partial charge in [0, 0.05) is 10.3 Å². The molecule has 0 saturated carbocycles. The molecule has 2 heterocycles. The molecule has 0 saturated heterocycles. The van der Waals surface area contributed by atoms with E-state index in [1.165, 1.54) is 4.88 Å². The Labute approximate surface area is 122 Å². The van der Waals surface area contributed by atoms with Crippen LogP contribution in [0.5, 0.6) is 0 Å². The molecule has 2 aromatic rings. The van der Waals surface area contributed by atoms with Gasteiger partial charge in [-0.25, -0.2) is 4.98 Å². The summed E-state index contributed by atoms with van der Waals surface area (Å²) in [6.07, 6.45) is 2.67. The average Bonchev–Trinajstić information content (AvgIpc) is 3.04. The van der Waals surface area contributed by atoms with Gasteiger partial charge in [-0.1, -0.05) is 26.8 Å². The van der Waals surface area contributed by atoms with E-state index < -0.39 is 0 Å². The van der Waals surface area contributed by atoms with E-state index in [9.17, 15) is 4.79 Å². The summed E-state index contributed by atoms with van der Waals surface area (Å²) in [6, 6.07) is 4.00. The quantitative estimate of drug-likeness (QED) is 0.789. The lowest BCUT2D eigenvalue weighted by atomic mass is 9.97. The molecule has 0 fully saturated rings. The van der Waals surface area contributed by atoms with Gasteiger partial charge >= 0.3 is 5.97 Å². The van der Waals surface area contributed by atoms with Crippen molar-refractivity contribution in [3.63, 3.8) is 0 Å². The monoisotopic (exact) mass is 293 g/mol. The third-order valence-corrected chi connectivity index (χ3v) is 3.67. The van der Waals surface area contributed by atoms with Gasteiger partial charge in [-0.15, -0.1) is 11.3 Å². The fraction of sp³-hybridized carbons (Fsp3) is 0.467. The summed E-state index contributed by atoms with van der Waals surface area (Å²) in [5.74, 6) is 0.445. The number of esters is 1. The van der Waals surface area contributed by atoms with Gasteiger partial charge < -0.3 is 9.15 Å². The van der Waals surface area contributed by atoms with E-state index in [-0.39, 0.29) is 18.0 Å². The first-order chi connectivity index (χ1) is 9.45. The Balaban J connectivity index is 1.77. The molecular weight excluding hydrogens is 274 g/mol. The number of carbonyl (C=O) groups is 1. The third-order valence-electron chi connectivity index (χ3n) is 2.73. The third kappa shape index (κ3) is 4.20. The minimum Gasteiger partial charge on any atom is -0.459 e. The van der Waals surface area contributed by atoms with Gasteiger partial charge in [-0.2, -0.15) is 0 Å². The smallest absolute Gasteiger partial charge is 0.306 e. The van der Waals surface area contributed by atoms with E-state index in [4.69, 9.17) is 9.15 Å². The molecule has 0 atom stereocenters. The van der Waals surface area contributed by atoms with Crippen LogP contribution in [0.3, 0.4) is 0 Å². The van der Waals surface area contributed by atoms with Crippen molar-refractivity contribution in [2.45, 2.75) is 45.6 Å². The van der Waals surface area contributed by atoms with Crippen molar-refractivity contribution in [2.75, 3.05) is 0 Å². The van der Waals surface area contributed by atoms with E-state index in [1.54, 1.807) is 17.6 Å². The summed E-state index contributed by atoms with van der Waals surface area (Å²) in [5.41, 5.74) is 0.515. The van der Waals surface area contributed by atoms with Crippen LogP contribution in [0.4, 0.5) is 0 Å². The molecule has 0 aliphatic rings. The molecule has 2 rings (SSSR count). The molecule has 0 N–H and O–H groups in total. The van der Waals surface area contributed by atoms with Crippen molar-refractivity contribution < 1.29 is 13.9 Å². The summed E-state index contributed by atoms with van der Waals surface area (Å²) in [7, 11) is 0. The molecule has 0 unspecified atom stereocenters. The molecule has 108 valence electrons. The Morgan fingerprint density at radius 2 is 2.25 bits per heavy atom. The van der Waals surface area contributed by atoms with Crippen LogP contribution in [0, 0.1) is 0 Å². The van der Waals surface area contributed by atoms with E-state index >= 15 is 0 Å². The lowest BCUT2D eigenvalue weighted by molar-refractivity contribution is -0.145. The van der Waals surface area contributed by atoms with Gasteiger partial charge in [0.1, 0.15) is 18.6 Å². The molecule has 0 amide bonds. The number of hydrogen-bond donors (Lipinski definition) is 0. The molecule has 2 aromatic heterocycles. The lowest BCUT2D eigenvalue weighted by Crippen LogP contribution is -2.12. The van der Waals surface area contributed by atoms with Crippen LogP contribution >= 0.6 is 11.3 Å². The maximum Gasteiger partial charge on any atom is 0.306 e. The standard InChI is InChI=1S/C15H19NO3S/c1-15(2,3)14-16-11(10-19-14)9-18-13(17)7-6-12-5-4-8-20-12/h4-5,8,10H,6-7,9H2,1-3H3. The number of rotatable bonds is 5. The molecule has 0 bridgehead atoms. The van der Waals surface area contributed by atoms with Gasteiger partial charge in [-0.05, 0) is 17.9 Å². The summed E-state index contributed by atoms with van der Waals surface area (Å²) in [6.45, 7) is 6.24. The number of thiophene rings is 1. The summed E-state index contributed by atoms with van der Waals surface area (Å²) >= 11 is 1.65. The van der Waals surface area contributed by atoms with Crippen LogP contribution in [0.2, 0.25) is 0 Å². The largest absolute Gasteiger partial charge is 0.459 e. The summed E-state index contributed by atoms with van der Waals surface area (Å²) in [4.78, 5) is 17.2. The Morgan fingerprint density at radius 3 is 2.85 bits per heavy atom. The molecule has 0 aromatic carbocycles. The Kier molecular flexibility index (Phi) is 4.60.